The van der Waals surface area contributed by atoms with Crippen LogP contribution in [0.25, 0.3) is 0 Å². The van der Waals surface area contributed by atoms with Gasteiger partial charge in [0.15, 0.2) is 0 Å². The van der Waals surface area contributed by atoms with Crippen molar-refractivity contribution in [1.82, 2.24) is 4.98 Å². The third-order valence-electron chi connectivity index (χ3n) is 1.20. The van der Waals surface area contributed by atoms with Crippen LogP contribution < -0.4 is 0 Å². The molecule has 0 saturated carbocycles. The third-order valence-corrected chi connectivity index (χ3v) is 1.20. The molecule has 0 saturated heterocycles. The number of pyridine rings is 1. The lowest BCUT2D eigenvalue weighted by atomic mass is 10.2. The average Bonchev–Trinajstić information content (AvgIpc) is 1.86. The summed E-state index contributed by atoms with van der Waals surface area (Å²) in [6.07, 6.45) is -3.07. The molecule has 1 aromatic heterocycles. The Morgan fingerprint density at radius 2 is 2.00 bits per heavy atom. The molecule has 0 unspecified atom stereocenters. The molecule has 0 fully saturated rings. The SMILES string of the molecule is [CH2]c1ncccc1C(F)(F)F. The maximum Gasteiger partial charge on any atom is 0.418 e. The van der Waals surface area contributed by atoms with E-state index in [9.17, 15) is 13.2 Å². The molecule has 0 atom stereocenters. The Bertz CT molecular complexity index is 254. The molecule has 1 aromatic rings. The van der Waals surface area contributed by atoms with Crippen molar-refractivity contribution in [3.8, 4) is 0 Å². The summed E-state index contributed by atoms with van der Waals surface area (Å²) in [6, 6.07) is 2.19. The van der Waals surface area contributed by atoms with Crippen molar-refractivity contribution in [3.05, 3.63) is 36.5 Å². The van der Waals surface area contributed by atoms with Gasteiger partial charge in [0.05, 0.1) is 11.3 Å². The van der Waals surface area contributed by atoms with Crippen LogP contribution in [0, 0.1) is 6.92 Å². The number of nitrogens with zero attached hydrogens (tertiary/aromatic N) is 1. The van der Waals surface area contributed by atoms with E-state index in [0.29, 0.717) is 0 Å². The quantitative estimate of drug-likeness (QED) is 0.567. The van der Waals surface area contributed by atoms with Gasteiger partial charge in [-0.25, -0.2) is 0 Å². The third kappa shape index (κ3) is 1.69. The number of aromatic nitrogens is 1. The highest BCUT2D eigenvalue weighted by Gasteiger charge is 2.32. The molecule has 0 aliphatic heterocycles. The van der Waals surface area contributed by atoms with Crippen molar-refractivity contribution in [1.29, 1.82) is 0 Å². The molecule has 4 heteroatoms. The molecule has 0 aliphatic carbocycles. The summed E-state index contributed by atoms with van der Waals surface area (Å²) in [5.74, 6) is 0. The fourth-order valence-corrected chi connectivity index (χ4v) is 0.696. The summed E-state index contributed by atoms with van der Waals surface area (Å²) in [5.41, 5.74) is -1.01. The molecule has 0 amide bonds. The van der Waals surface area contributed by atoms with Crippen molar-refractivity contribution in [2.24, 2.45) is 0 Å². The van der Waals surface area contributed by atoms with Gasteiger partial charge in [0.25, 0.3) is 0 Å². The van der Waals surface area contributed by atoms with Gasteiger partial charge in [-0.1, -0.05) is 0 Å². The van der Waals surface area contributed by atoms with Crippen molar-refractivity contribution in [3.63, 3.8) is 0 Å². The molecule has 1 radical (unpaired) electrons. The molecular weight excluding hydrogens is 155 g/mol. The van der Waals surface area contributed by atoms with Gasteiger partial charge in [0, 0.05) is 6.20 Å². The second kappa shape index (κ2) is 2.53. The van der Waals surface area contributed by atoms with Crippen molar-refractivity contribution >= 4 is 0 Å². The minimum absolute atomic E-state index is 0.236. The van der Waals surface area contributed by atoms with Gasteiger partial charge in [0.2, 0.25) is 0 Å². The van der Waals surface area contributed by atoms with Crippen LogP contribution >= 0.6 is 0 Å². The average molecular weight is 160 g/mol. The van der Waals surface area contributed by atoms with E-state index < -0.39 is 11.7 Å². The molecule has 0 spiro atoms. The van der Waals surface area contributed by atoms with E-state index in [4.69, 9.17) is 0 Å². The van der Waals surface area contributed by atoms with Gasteiger partial charge in [0.1, 0.15) is 0 Å². The maximum atomic E-state index is 12.0. The van der Waals surface area contributed by atoms with E-state index in [1.807, 2.05) is 0 Å². The number of alkyl halides is 3. The monoisotopic (exact) mass is 160 g/mol. The summed E-state index contributed by atoms with van der Waals surface area (Å²) >= 11 is 0. The molecule has 0 aromatic carbocycles. The van der Waals surface area contributed by atoms with Gasteiger partial charge in [-0.2, -0.15) is 13.2 Å². The molecule has 1 rings (SSSR count). The smallest absolute Gasteiger partial charge is 0.261 e. The van der Waals surface area contributed by atoms with E-state index >= 15 is 0 Å². The van der Waals surface area contributed by atoms with E-state index in [-0.39, 0.29) is 5.69 Å². The van der Waals surface area contributed by atoms with Gasteiger partial charge in [-0.15, -0.1) is 0 Å². The van der Waals surface area contributed by atoms with Crippen LogP contribution in [-0.4, -0.2) is 4.98 Å². The largest absolute Gasteiger partial charge is 0.418 e. The highest BCUT2D eigenvalue weighted by Crippen LogP contribution is 2.30. The Kier molecular flexibility index (Phi) is 1.85. The lowest BCUT2D eigenvalue weighted by Gasteiger charge is -2.07. The van der Waals surface area contributed by atoms with Crippen LogP contribution in [0.5, 0.6) is 0 Å². The van der Waals surface area contributed by atoms with Gasteiger partial charge < -0.3 is 0 Å². The van der Waals surface area contributed by atoms with Crippen molar-refractivity contribution in [2.75, 3.05) is 0 Å². The lowest BCUT2D eigenvalue weighted by Crippen LogP contribution is -2.07. The van der Waals surface area contributed by atoms with E-state index in [1.165, 1.54) is 12.3 Å². The Morgan fingerprint density at radius 3 is 2.36 bits per heavy atom. The summed E-state index contributed by atoms with van der Waals surface area (Å²) in [6.45, 7) is 3.16. The molecule has 1 heterocycles. The molecule has 59 valence electrons. The molecule has 0 aliphatic rings. The first-order chi connectivity index (χ1) is 5.02. The van der Waals surface area contributed by atoms with Gasteiger partial charge >= 0.3 is 6.18 Å². The Balaban J connectivity index is 3.14. The number of rotatable bonds is 0. The summed E-state index contributed by atoms with van der Waals surface area (Å²) in [4.78, 5) is 3.41. The fourth-order valence-electron chi connectivity index (χ4n) is 0.696. The normalized spacial score (nSPS) is 11.6. The zero-order valence-electron chi connectivity index (χ0n) is 5.52. The zero-order chi connectivity index (χ0) is 8.48. The van der Waals surface area contributed by atoms with Crippen molar-refractivity contribution in [2.45, 2.75) is 6.18 Å². The molecule has 0 N–H and O–H groups in total. The number of hydrogen-bond acceptors (Lipinski definition) is 1. The zero-order valence-corrected chi connectivity index (χ0v) is 5.52. The Labute approximate surface area is 61.9 Å². The fraction of sp³-hybridized carbons (Fsp3) is 0.143. The van der Waals surface area contributed by atoms with E-state index in [1.54, 1.807) is 0 Å². The second-order valence-corrected chi connectivity index (χ2v) is 2.00. The Morgan fingerprint density at radius 1 is 1.36 bits per heavy atom. The Hall–Kier alpha value is -1.06. The second-order valence-electron chi connectivity index (χ2n) is 2.00. The topological polar surface area (TPSA) is 12.9 Å². The van der Waals surface area contributed by atoms with Crippen molar-refractivity contribution < 1.29 is 13.2 Å². The lowest BCUT2D eigenvalue weighted by molar-refractivity contribution is -0.138. The molecule has 11 heavy (non-hydrogen) atoms. The van der Waals surface area contributed by atoms with Crippen LogP contribution in [0.3, 0.4) is 0 Å². The highest BCUT2D eigenvalue weighted by molar-refractivity contribution is 5.24. The van der Waals surface area contributed by atoms with Crippen LogP contribution in [0.15, 0.2) is 18.3 Å². The van der Waals surface area contributed by atoms with Crippen LogP contribution in [0.2, 0.25) is 0 Å². The standard InChI is InChI=1S/C7H5F3N/c1-5-6(7(8,9)10)3-2-4-11-5/h2-4H,1H2. The minimum Gasteiger partial charge on any atom is -0.261 e. The first-order valence-electron chi connectivity index (χ1n) is 2.86. The predicted octanol–water partition coefficient (Wildman–Crippen LogP) is 2.28. The molecule has 0 bridgehead atoms. The van der Waals surface area contributed by atoms with Gasteiger partial charge in [-0.3, -0.25) is 4.98 Å². The van der Waals surface area contributed by atoms with Crippen LogP contribution in [0.4, 0.5) is 13.2 Å². The summed E-state index contributed by atoms with van der Waals surface area (Å²) < 4.78 is 35.9. The first kappa shape index (κ1) is 8.04. The highest BCUT2D eigenvalue weighted by atomic mass is 19.4. The van der Waals surface area contributed by atoms with Crippen LogP contribution in [-0.2, 0) is 6.18 Å². The predicted molar refractivity (Wildman–Crippen MR) is 33.7 cm³/mol. The summed E-state index contributed by atoms with van der Waals surface area (Å²) in [5, 5.41) is 0. The maximum absolute atomic E-state index is 12.0. The van der Waals surface area contributed by atoms with Gasteiger partial charge in [-0.05, 0) is 19.1 Å². The van der Waals surface area contributed by atoms with E-state index in [2.05, 4.69) is 11.9 Å². The number of hydrogen-bond donors (Lipinski definition) is 0. The number of halogens is 3. The molecule has 1 nitrogen and oxygen atoms in total. The van der Waals surface area contributed by atoms with Crippen LogP contribution in [0.1, 0.15) is 11.3 Å². The first-order valence-corrected chi connectivity index (χ1v) is 2.86. The molecular formula is C7H5F3N. The minimum atomic E-state index is -4.34. The van der Waals surface area contributed by atoms with E-state index in [0.717, 1.165) is 6.07 Å². The summed E-state index contributed by atoms with van der Waals surface area (Å²) in [7, 11) is 0.